The van der Waals surface area contributed by atoms with Gasteiger partial charge in [-0.3, -0.25) is 13.9 Å². The molecule has 1 amide bonds. The van der Waals surface area contributed by atoms with Gasteiger partial charge in [0.05, 0.1) is 11.6 Å². The molecular formula is C23H31FN4O4S. The predicted molar refractivity (Wildman–Crippen MR) is 126 cm³/mol. The zero-order chi connectivity index (χ0) is 23.8. The summed E-state index contributed by atoms with van der Waals surface area (Å²) in [5.41, 5.74) is -1.18. The molecule has 1 saturated heterocycles. The molecule has 33 heavy (non-hydrogen) atoms. The van der Waals surface area contributed by atoms with Gasteiger partial charge in [0.1, 0.15) is 17.1 Å². The Bertz CT molecular complexity index is 1140. The molecule has 10 heteroatoms. The van der Waals surface area contributed by atoms with Crippen LogP contribution in [0.2, 0.25) is 0 Å². The number of carbonyl (C=O) groups is 1. The molecule has 1 N–H and O–H groups in total. The van der Waals surface area contributed by atoms with Gasteiger partial charge in [-0.15, -0.1) is 0 Å². The Morgan fingerprint density at radius 1 is 1.09 bits per heavy atom. The number of alkyl carbamates (subject to hydrolysis) is 1. The third-order valence-electron chi connectivity index (χ3n) is 6.26. The highest BCUT2D eigenvalue weighted by Gasteiger charge is 2.30. The van der Waals surface area contributed by atoms with Crippen LogP contribution in [0, 0.1) is 5.82 Å². The van der Waals surface area contributed by atoms with Crippen molar-refractivity contribution < 1.29 is 13.9 Å². The fourth-order valence-corrected chi connectivity index (χ4v) is 5.83. The smallest absolute Gasteiger partial charge is 0.407 e. The lowest BCUT2D eigenvalue weighted by molar-refractivity contribution is 0.0487. The molecule has 0 atom stereocenters. The minimum atomic E-state index is -0.596. The first kappa shape index (κ1) is 23.8. The normalized spacial score (nSPS) is 22.3. The van der Waals surface area contributed by atoms with Crippen LogP contribution < -0.4 is 16.6 Å². The van der Waals surface area contributed by atoms with Crippen molar-refractivity contribution in [3.05, 3.63) is 38.9 Å². The highest BCUT2D eigenvalue weighted by atomic mass is 32.2. The van der Waals surface area contributed by atoms with Crippen LogP contribution in [0.4, 0.5) is 9.18 Å². The summed E-state index contributed by atoms with van der Waals surface area (Å²) in [6, 6.07) is 0.739. The van der Waals surface area contributed by atoms with Gasteiger partial charge in [0.15, 0.2) is 0 Å². The van der Waals surface area contributed by atoms with Crippen molar-refractivity contribution in [1.82, 2.24) is 19.4 Å². The molecule has 180 valence electrons. The summed E-state index contributed by atoms with van der Waals surface area (Å²) in [6.45, 7) is 5.43. The summed E-state index contributed by atoms with van der Waals surface area (Å²) in [6.07, 6.45) is 4.58. The van der Waals surface area contributed by atoms with E-state index >= 15 is 0 Å². The van der Waals surface area contributed by atoms with Gasteiger partial charge in [-0.2, -0.15) is 11.8 Å². The van der Waals surface area contributed by atoms with Crippen molar-refractivity contribution in [1.29, 1.82) is 0 Å². The number of rotatable bonds is 3. The Morgan fingerprint density at radius 3 is 2.36 bits per heavy atom. The standard InChI is InChI=1S/C23H31FN4O4S/c1-23(2,3)32-21(30)26-15-4-6-16(7-5-15)28-20(29)18-12-14(24)13-25-19(18)27(22(28)31)17-8-10-33-11-9-17/h12-13,15-17H,4-11H2,1-3H3,(H,26,30). The molecular weight excluding hydrogens is 447 g/mol. The lowest BCUT2D eigenvalue weighted by atomic mass is 9.91. The van der Waals surface area contributed by atoms with Gasteiger partial charge in [-0.25, -0.2) is 19.0 Å². The maximum atomic E-state index is 14.0. The first-order valence-corrected chi connectivity index (χ1v) is 12.7. The van der Waals surface area contributed by atoms with Crippen molar-refractivity contribution >= 4 is 28.9 Å². The molecule has 1 aliphatic carbocycles. The van der Waals surface area contributed by atoms with E-state index in [2.05, 4.69) is 10.3 Å². The molecule has 2 fully saturated rings. The number of nitrogens with zero attached hydrogens (tertiary/aromatic N) is 3. The quantitative estimate of drug-likeness (QED) is 0.722. The summed E-state index contributed by atoms with van der Waals surface area (Å²) in [5.74, 6) is 1.27. The lowest BCUT2D eigenvalue weighted by Gasteiger charge is -2.32. The molecule has 8 nitrogen and oxygen atoms in total. The maximum absolute atomic E-state index is 14.0. The highest BCUT2D eigenvalue weighted by Crippen LogP contribution is 2.30. The molecule has 1 saturated carbocycles. The summed E-state index contributed by atoms with van der Waals surface area (Å²) < 4.78 is 22.2. The third kappa shape index (κ3) is 5.26. The van der Waals surface area contributed by atoms with Crippen LogP contribution >= 0.6 is 11.8 Å². The highest BCUT2D eigenvalue weighted by molar-refractivity contribution is 7.99. The van der Waals surface area contributed by atoms with Crippen molar-refractivity contribution in [3.63, 3.8) is 0 Å². The molecule has 1 aliphatic heterocycles. The van der Waals surface area contributed by atoms with Gasteiger partial charge < -0.3 is 10.1 Å². The van der Waals surface area contributed by atoms with Gasteiger partial charge in [0.2, 0.25) is 0 Å². The maximum Gasteiger partial charge on any atom is 0.407 e. The number of pyridine rings is 1. The number of thioether (sulfide) groups is 1. The van der Waals surface area contributed by atoms with E-state index in [1.165, 1.54) is 10.6 Å². The van der Waals surface area contributed by atoms with Gasteiger partial charge in [-0.05, 0) is 76.9 Å². The molecule has 3 heterocycles. The van der Waals surface area contributed by atoms with E-state index in [1.54, 1.807) is 4.57 Å². The van der Waals surface area contributed by atoms with Crippen molar-refractivity contribution in [2.45, 2.75) is 83.0 Å². The van der Waals surface area contributed by atoms with Crippen molar-refractivity contribution in [2.24, 2.45) is 0 Å². The van der Waals surface area contributed by atoms with E-state index in [1.807, 2.05) is 32.5 Å². The Morgan fingerprint density at radius 2 is 1.73 bits per heavy atom. The number of ether oxygens (including phenoxy) is 1. The van der Waals surface area contributed by atoms with Crippen molar-refractivity contribution in [2.75, 3.05) is 11.5 Å². The summed E-state index contributed by atoms with van der Waals surface area (Å²) in [5, 5.41) is 3.02. The molecule has 2 aliphatic rings. The third-order valence-corrected chi connectivity index (χ3v) is 7.31. The Labute approximate surface area is 195 Å². The Balaban J connectivity index is 1.63. The minimum absolute atomic E-state index is 0.0590. The molecule has 0 unspecified atom stereocenters. The zero-order valence-corrected chi connectivity index (χ0v) is 20.1. The Kier molecular flexibility index (Phi) is 6.83. The van der Waals surface area contributed by atoms with E-state index < -0.39 is 23.1 Å². The predicted octanol–water partition coefficient (Wildman–Crippen LogP) is 3.77. The molecule has 2 aromatic heterocycles. The Hall–Kier alpha value is -2.36. The second kappa shape index (κ2) is 9.48. The van der Waals surface area contributed by atoms with Crippen LogP contribution in [-0.2, 0) is 4.74 Å². The number of hydrogen-bond acceptors (Lipinski definition) is 6. The monoisotopic (exact) mass is 478 g/mol. The second-order valence-electron chi connectivity index (χ2n) is 9.85. The molecule has 4 rings (SSSR count). The molecule has 0 radical (unpaired) electrons. The number of hydrogen-bond donors (Lipinski definition) is 1. The fourth-order valence-electron chi connectivity index (χ4n) is 4.75. The zero-order valence-electron chi connectivity index (χ0n) is 19.3. The van der Waals surface area contributed by atoms with Crippen LogP contribution in [-0.4, -0.2) is 43.4 Å². The van der Waals surface area contributed by atoms with Crippen LogP contribution in [0.3, 0.4) is 0 Å². The minimum Gasteiger partial charge on any atom is -0.444 e. The SMILES string of the molecule is CC(C)(C)OC(=O)NC1CCC(n2c(=O)c3cc(F)cnc3n(C3CCSCC3)c2=O)CC1. The number of fused-ring (bicyclic) bond motifs is 1. The van der Waals surface area contributed by atoms with Crippen LogP contribution in [0.15, 0.2) is 21.9 Å². The first-order chi connectivity index (χ1) is 15.6. The van der Waals surface area contributed by atoms with E-state index in [-0.39, 0.29) is 34.8 Å². The van der Waals surface area contributed by atoms with Crippen LogP contribution in [0.25, 0.3) is 11.0 Å². The van der Waals surface area contributed by atoms with Gasteiger partial charge in [-0.1, -0.05) is 0 Å². The van der Waals surface area contributed by atoms with Crippen LogP contribution in [0.1, 0.15) is 71.4 Å². The van der Waals surface area contributed by atoms with E-state index in [4.69, 9.17) is 4.74 Å². The van der Waals surface area contributed by atoms with E-state index in [0.717, 1.165) is 30.5 Å². The van der Waals surface area contributed by atoms with Gasteiger partial charge >= 0.3 is 11.8 Å². The van der Waals surface area contributed by atoms with E-state index in [0.29, 0.717) is 25.7 Å². The number of halogens is 1. The number of carbonyl (C=O) groups excluding carboxylic acids is 1. The number of aromatic nitrogens is 3. The molecule has 0 bridgehead atoms. The topological polar surface area (TPSA) is 95.2 Å². The van der Waals surface area contributed by atoms with Gasteiger partial charge in [0.25, 0.3) is 5.56 Å². The van der Waals surface area contributed by atoms with Gasteiger partial charge in [0, 0.05) is 18.1 Å². The fraction of sp³-hybridized carbons (Fsp3) is 0.652. The summed E-state index contributed by atoms with van der Waals surface area (Å²) in [4.78, 5) is 43.1. The van der Waals surface area contributed by atoms with E-state index in [9.17, 15) is 18.8 Å². The summed E-state index contributed by atoms with van der Waals surface area (Å²) >= 11 is 1.84. The average molecular weight is 479 g/mol. The van der Waals surface area contributed by atoms with Crippen LogP contribution in [0.5, 0.6) is 0 Å². The number of nitrogens with one attached hydrogen (secondary N) is 1. The molecule has 0 spiro atoms. The molecule has 2 aromatic rings. The summed E-state index contributed by atoms with van der Waals surface area (Å²) in [7, 11) is 0. The number of amides is 1. The van der Waals surface area contributed by atoms with Crippen molar-refractivity contribution in [3.8, 4) is 0 Å². The lowest BCUT2D eigenvalue weighted by Crippen LogP contribution is -2.47. The second-order valence-corrected chi connectivity index (χ2v) is 11.1. The average Bonchev–Trinajstić information content (AvgIpc) is 2.75. The first-order valence-electron chi connectivity index (χ1n) is 11.5. The largest absolute Gasteiger partial charge is 0.444 e. The molecule has 0 aromatic carbocycles.